The van der Waals surface area contributed by atoms with Crippen molar-refractivity contribution < 1.29 is 0 Å². The summed E-state index contributed by atoms with van der Waals surface area (Å²) in [4.78, 5) is 6.61. The highest BCUT2D eigenvalue weighted by Gasteiger charge is 2.19. The normalized spacial score (nSPS) is 12.1. The van der Waals surface area contributed by atoms with Crippen molar-refractivity contribution in [2.45, 2.75) is 32.7 Å². The lowest BCUT2D eigenvalue weighted by Gasteiger charge is -2.32. The Balaban J connectivity index is 2.38. The third-order valence-corrected chi connectivity index (χ3v) is 3.11. The molecule has 98 valence electrons. The van der Waals surface area contributed by atoms with Gasteiger partial charge >= 0.3 is 0 Å². The molecule has 0 aliphatic heterocycles. The molecule has 2 aromatic heterocycles. The number of hydrogen-bond donors (Lipinski definition) is 1. The molecule has 2 heterocycles. The minimum atomic E-state index is 0.0430. The molecule has 0 saturated carbocycles. The standard InChI is InChI=1S/C13H21N5/c1-13(2,3)17(4)12-6-5-11-15-10(7-8-14)9-18(11)16-12/h5-6,9H,7-8,14H2,1-4H3. The average Bonchev–Trinajstić information content (AvgIpc) is 2.68. The van der Waals surface area contributed by atoms with Gasteiger partial charge in [-0.1, -0.05) is 0 Å². The summed E-state index contributed by atoms with van der Waals surface area (Å²) < 4.78 is 1.82. The number of hydrogen-bond acceptors (Lipinski definition) is 4. The van der Waals surface area contributed by atoms with E-state index in [9.17, 15) is 0 Å². The molecular weight excluding hydrogens is 226 g/mol. The van der Waals surface area contributed by atoms with Crippen LogP contribution < -0.4 is 10.6 Å². The molecule has 0 spiro atoms. The van der Waals surface area contributed by atoms with E-state index in [0.717, 1.165) is 23.6 Å². The number of imidazole rings is 1. The molecule has 5 heteroatoms. The molecule has 0 radical (unpaired) electrons. The first-order chi connectivity index (χ1) is 8.41. The first kappa shape index (κ1) is 12.8. The fourth-order valence-corrected chi connectivity index (χ4v) is 1.71. The van der Waals surface area contributed by atoms with Crippen LogP contribution in [-0.4, -0.2) is 33.7 Å². The van der Waals surface area contributed by atoms with Crippen molar-refractivity contribution in [1.29, 1.82) is 0 Å². The highest BCUT2D eigenvalue weighted by molar-refractivity contribution is 5.47. The van der Waals surface area contributed by atoms with Crippen LogP contribution in [0.2, 0.25) is 0 Å². The molecule has 2 aromatic rings. The van der Waals surface area contributed by atoms with E-state index in [-0.39, 0.29) is 5.54 Å². The Bertz CT molecular complexity index is 538. The smallest absolute Gasteiger partial charge is 0.153 e. The van der Waals surface area contributed by atoms with Crippen LogP contribution in [0.25, 0.3) is 5.65 Å². The van der Waals surface area contributed by atoms with Gasteiger partial charge in [0.15, 0.2) is 5.65 Å². The SMILES string of the molecule is CN(c1ccc2nc(CCN)cn2n1)C(C)(C)C. The molecule has 2 rings (SSSR count). The molecule has 18 heavy (non-hydrogen) atoms. The predicted octanol–water partition coefficient (Wildman–Crippen LogP) is 1.47. The fraction of sp³-hybridized carbons (Fsp3) is 0.538. The number of nitrogens with two attached hydrogens (primary N) is 1. The summed E-state index contributed by atoms with van der Waals surface area (Å²) in [5, 5.41) is 4.58. The topological polar surface area (TPSA) is 59.5 Å². The van der Waals surface area contributed by atoms with Crippen LogP contribution in [0.3, 0.4) is 0 Å². The maximum absolute atomic E-state index is 5.54. The quantitative estimate of drug-likeness (QED) is 0.892. The molecule has 0 atom stereocenters. The Morgan fingerprint density at radius 2 is 2.06 bits per heavy atom. The maximum Gasteiger partial charge on any atom is 0.153 e. The third kappa shape index (κ3) is 2.46. The van der Waals surface area contributed by atoms with Crippen LogP contribution in [0.15, 0.2) is 18.3 Å². The molecule has 0 unspecified atom stereocenters. The van der Waals surface area contributed by atoms with Gasteiger partial charge in [0.1, 0.15) is 5.82 Å². The monoisotopic (exact) mass is 247 g/mol. The van der Waals surface area contributed by atoms with Gasteiger partial charge in [0.2, 0.25) is 0 Å². The zero-order valence-electron chi connectivity index (χ0n) is 11.5. The number of fused-ring (bicyclic) bond motifs is 1. The molecule has 2 N–H and O–H groups in total. The predicted molar refractivity (Wildman–Crippen MR) is 73.9 cm³/mol. The molecule has 0 fully saturated rings. The Morgan fingerprint density at radius 1 is 1.33 bits per heavy atom. The Morgan fingerprint density at radius 3 is 2.67 bits per heavy atom. The van der Waals surface area contributed by atoms with Crippen molar-refractivity contribution in [3.63, 3.8) is 0 Å². The summed E-state index contributed by atoms with van der Waals surface area (Å²) in [7, 11) is 2.05. The van der Waals surface area contributed by atoms with Gasteiger partial charge in [-0.3, -0.25) is 0 Å². The van der Waals surface area contributed by atoms with Crippen molar-refractivity contribution in [3.8, 4) is 0 Å². The minimum Gasteiger partial charge on any atom is -0.353 e. The summed E-state index contributed by atoms with van der Waals surface area (Å²) in [5.41, 5.74) is 7.43. The van der Waals surface area contributed by atoms with Crippen molar-refractivity contribution in [2.24, 2.45) is 5.73 Å². The second-order valence-corrected chi connectivity index (χ2v) is 5.50. The van der Waals surface area contributed by atoms with Gasteiger partial charge in [-0.05, 0) is 39.4 Å². The van der Waals surface area contributed by atoms with Gasteiger partial charge in [0.05, 0.1) is 11.9 Å². The third-order valence-electron chi connectivity index (χ3n) is 3.11. The molecule has 0 aliphatic rings. The Hall–Kier alpha value is -1.62. The van der Waals surface area contributed by atoms with E-state index in [1.807, 2.05) is 29.9 Å². The minimum absolute atomic E-state index is 0.0430. The zero-order valence-corrected chi connectivity index (χ0v) is 11.5. The van der Waals surface area contributed by atoms with Gasteiger partial charge in [0.25, 0.3) is 0 Å². The van der Waals surface area contributed by atoms with E-state index in [4.69, 9.17) is 5.73 Å². The van der Waals surface area contributed by atoms with Crippen LogP contribution in [0, 0.1) is 0 Å². The van der Waals surface area contributed by atoms with Gasteiger partial charge < -0.3 is 10.6 Å². The van der Waals surface area contributed by atoms with E-state index >= 15 is 0 Å². The summed E-state index contributed by atoms with van der Waals surface area (Å²) in [6, 6.07) is 3.99. The highest BCUT2D eigenvalue weighted by Crippen LogP contribution is 2.19. The second-order valence-electron chi connectivity index (χ2n) is 5.50. The van der Waals surface area contributed by atoms with Crippen LogP contribution in [0.4, 0.5) is 5.82 Å². The molecule has 0 saturated heterocycles. The summed E-state index contributed by atoms with van der Waals surface area (Å²) in [6.07, 6.45) is 2.73. The fourth-order valence-electron chi connectivity index (χ4n) is 1.71. The number of aromatic nitrogens is 3. The first-order valence-electron chi connectivity index (χ1n) is 6.21. The molecule has 0 aliphatic carbocycles. The van der Waals surface area contributed by atoms with Crippen LogP contribution in [-0.2, 0) is 6.42 Å². The van der Waals surface area contributed by atoms with Crippen LogP contribution in [0.1, 0.15) is 26.5 Å². The second kappa shape index (κ2) is 4.57. The maximum atomic E-state index is 5.54. The first-order valence-corrected chi connectivity index (χ1v) is 6.21. The number of anilines is 1. The molecule has 0 amide bonds. The van der Waals surface area contributed by atoms with Gasteiger partial charge in [0, 0.05) is 19.0 Å². The lowest BCUT2D eigenvalue weighted by Crippen LogP contribution is -2.38. The van der Waals surface area contributed by atoms with Crippen LogP contribution >= 0.6 is 0 Å². The van der Waals surface area contributed by atoms with E-state index in [0.29, 0.717) is 6.54 Å². The van der Waals surface area contributed by atoms with Crippen LogP contribution in [0.5, 0.6) is 0 Å². The van der Waals surface area contributed by atoms with Crippen molar-refractivity contribution in [3.05, 3.63) is 24.0 Å². The Labute approximate surface area is 108 Å². The molecule has 0 aromatic carbocycles. The lowest BCUT2D eigenvalue weighted by molar-refractivity contribution is 0.530. The summed E-state index contributed by atoms with van der Waals surface area (Å²) >= 11 is 0. The van der Waals surface area contributed by atoms with E-state index in [1.54, 1.807) is 0 Å². The van der Waals surface area contributed by atoms with Crippen molar-refractivity contribution >= 4 is 11.5 Å². The van der Waals surface area contributed by atoms with Gasteiger partial charge in [-0.2, -0.15) is 0 Å². The number of rotatable bonds is 3. The van der Waals surface area contributed by atoms with Crippen molar-refractivity contribution in [2.75, 3.05) is 18.5 Å². The number of nitrogens with zero attached hydrogens (tertiary/aromatic N) is 4. The molecular formula is C13H21N5. The Kier molecular flexibility index (Phi) is 3.26. The van der Waals surface area contributed by atoms with E-state index in [2.05, 4.69) is 35.8 Å². The molecule has 5 nitrogen and oxygen atoms in total. The summed E-state index contributed by atoms with van der Waals surface area (Å²) in [6.45, 7) is 7.09. The highest BCUT2D eigenvalue weighted by atomic mass is 15.3. The van der Waals surface area contributed by atoms with Gasteiger partial charge in [-0.25, -0.2) is 9.50 Å². The van der Waals surface area contributed by atoms with Gasteiger partial charge in [-0.15, -0.1) is 5.10 Å². The zero-order chi connectivity index (χ0) is 13.3. The lowest BCUT2D eigenvalue weighted by atomic mass is 10.1. The largest absolute Gasteiger partial charge is 0.353 e. The van der Waals surface area contributed by atoms with E-state index in [1.165, 1.54) is 0 Å². The summed E-state index contributed by atoms with van der Waals surface area (Å²) in [5.74, 6) is 0.937. The van der Waals surface area contributed by atoms with E-state index < -0.39 is 0 Å². The average molecular weight is 247 g/mol. The molecule has 0 bridgehead atoms. The van der Waals surface area contributed by atoms with Crippen molar-refractivity contribution in [1.82, 2.24) is 14.6 Å².